The van der Waals surface area contributed by atoms with E-state index >= 15 is 0 Å². The molecule has 1 amide bonds. The van der Waals surface area contributed by atoms with E-state index in [-0.39, 0.29) is 42.7 Å². The Morgan fingerprint density at radius 1 is 1.38 bits per heavy atom. The first-order chi connectivity index (χ1) is 9.16. The Bertz CT molecular complexity index is 410. The van der Waals surface area contributed by atoms with Gasteiger partial charge in [0.25, 0.3) is 0 Å². The fourth-order valence-corrected chi connectivity index (χ4v) is 2.43. The van der Waals surface area contributed by atoms with Crippen LogP contribution in [0.4, 0.5) is 0 Å². The van der Waals surface area contributed by atoms with Crippen LogP contribution in [0.25, 0.3) is 0 Å². The molecular formula is C14H23Cl2N3O2. The summed E-state index contributed by atoms with van der Waals surface area (Å²) in [5, 5.41) is 12.4. The Kier molecular flexibility index (Phi) is 9.53. The second kappa shape index (κ2) is 9.95. The summed E-state index contributed by atoms with van der Waals surface area (Å²) in [5.74, 6) is -0.132. The normalized spacial score (nSPS) is 23.8. The Morgan fingerprint density at radius 3 is 2.71 bits per heavy atom. The van der Waals surface area contributed by atoms with Crippen molar-refractivity contribution >= 4 is 30.7 Å². The van der Waals surface area contributed by atoms with Crippen LogP contribution in [-0.4, -0.2) is 34.7 Å². The molecule has 21 heavy (non-hydrogen) atoms. The molecule has 0 unspecified atom stereocenters. The molecule has 0 radical (unpaired) electrons. The van der Waals surface area contributed by atoms with E-state index in [2.05, 4.69) is 10.3 Å². The summed E-state index contributed by atoms with van der Waals surface area (Å²) in [6, 6.07) is 5.57. The zero-order valence-corrected chi connectivity index (χ0v) is 13.4. The minimum Gasteiger partial charge on any atom is -0.391 e. The van der Waals surface area contributed by atoms with Crippen molar-refractivity contribution in [1.82, 2.24) is 10.3 Å². The van der Waals surface area contributed by atoms with Crippen molar-refractivity contribution in [2.75, 3.05) is 6.54 Å². The molecule has 0 saturated heterocycles. The SMILES string of the molecule is Cl.Cl.N[C@@H]1C[C@H](C(=O)NCCCc2ccccn2)C[C@H]1O. The number of pyridine rings is 1. The van der Waals surface area contributed by atoms with Crippen molar-refractivity contribution in [2.24, 2.45) is 11.7 Å². The largest absolute Gasteiger partial charge is 0.391 e. The number of halogens is 2. The lowest BCUT2D eigenvalue weighted by molar-refractivity contribution is -0.125. The highest BCUT2D eigenvalue weighted by atomic mass is 35.5. The molecule has 1 aliphatic rings. The molecule has 0 bridgehead atoms. The van der Waals surface area contributed by atoms with Gasteiger partial charge >= 0.3 is 0 Å². The number of rotatable bonds is 5. The first-order valence-corrected chi connectivity index (χ1v) is 6.78. The maximum absolute atomic E-state index is 11.9. The molecule has 3 atom stereocenters. The van der Waals surface area contributed by atoms with Crippen molar-refractivity contribution in [1.29, 1.82) is 0 Å². The predicted octanol–water partition coefficient (Wildman–Crippen LogP) is 1.07. The monoisotopic (exact) mass is 335 g/mol. The van der Waals surface area contributed by atoms with Crippen molar-refractivity contribution in [3.63, 3.8) is 0 Å². The topological polar surface area (TPSA) is 88.2 Å². The van der Waals surface area contributed by atoms with E-state index in [1.807, 2.05) is 18.2 Å². The standard InChI is InChI=1S/C14H21N3O2.2ClH/c15-12-8-10(9-13(12)18)14(19)17-7-3-5-11-4-1-2-6-16-11;;/h1-2,4,6,10,12-13,18H,3,5,7-9,15H2,(H,17,19);2*1H/t10-,12+,13+;;/m0../s1. The van der Waals surface area contributed by atoms with E-state index in [0.717, 1.165) is 18.5 Å². The van der Waals surface area contributed by atoms with Crippen LogP contribution in [0.1, 0.15) is 25.0 Å². The van der Waals surface area contributed by atoms with E-state index in [1.54, 1.807) is 6.20 Å². The van der Waals surface area contributed by atoms with Crippen LogP contribution >= 0.6 is 24.8 Å². The lowest BCUT2D eigenvalue weighted by Crippen LogP contribution is -2.31. The van der Waals surface area contributed by atoms with Crippen LogP contribution in [-0.2, 0) is 11.2 Å². The number of nitrogens with zero attached hydrogens (tertiary/aromatic N) is 1. The van der Waals surface area contributed by atoms with Crippen molar-refractivity contribution in [2.45, 2.75) is 37.8 Å². The maximum Gasteiger partial charge on any atom is 0.223 e. The average Bonchev–Trinajstić information content (AvgIpc) is 2.76. The summed E-state index contributed by atoms with van der Waals surface area (Å²) in [4.78, 5) is 16.1. The molecular weight excluding hydrogens is 313 g/mol. The number of carbonyl (C=O) groups is 1. The number of hydrogen-bond donors (Lipinski definition) is 3. The third-order valence-corrected chi connectivity index (χ3v) is 3.58. The Balaban J connectivity index is 0.00000200. The number of aryl methyl sites for hydroxylation is 1. The number of nitrogens with two attached hydrogens (primary N) is 1. The minimum atomic E-state index is -0.538. The quantitative estimate of drug-likeness (QED) is 0.702. The van der Waals surface area contributed by atoms with Crippen LogP contribution in [0.2, 0.25) is 0 Å². The highest BCUT2D eigenvalue weighted by molar-refractivity contribution is 5.85. The van der Waals surface area contributed by atoms with Crippen LogP contribution in [0.3, 0.4) is 0 Å². The Morgan fingerprint density at radius 2 is 2.14 bits per heavy atom. The number of aromatic nitrogens is 1. The zero-order valence-electron chi connectivity index (χ0n) is 11.8. The molecule has 120 valence electrons. The van der Waals surface area contributed by atoms with Gasteiger partial charge in [-0.1, -0.05) is 6.07 Å². The van der Waals surface area contributed by atoms with Gasteiger partial charge in [-0.05, 0) is 37.8 Å². The van der Waals surface area contributed by atoms with Crippen LogP contribution in [0.15, 0.2) is 24.4 Å². The minimum absolute atomic E-state index is 0. The van der Waals surface area contributed by atoms with Gasteiger partial charge in [-0.3, -0.25) is 9.78 Å². The van der Waals surface area contributed by atoms with Gasteiger partial charge in [0.1, 0.15) is 0 Å². The second-order valence-electron chi connectivity index (χ2n) is 5.12. The third-order valence-electron chi connectivity index (χ3n) is 3.58. The molecule has 0 spiro atoms. The summed E-state index contributed by atoms with van der Waals surface area (Å²) >= 11 is 0. The van der Waals surface area contributed by atoms with Gasteiger partial charge in [-0.25, -0.2) is 0 Å². The molecule has 1 fully saturated rings. The highest BCUT2D eigenvalue weighted by Gasteiger charge is 2.34. The number of aliphatic hydroxyl groups is 1. The van der Waals surface area contributed by atoms with Gasteiger partial charge in [0.05, 0.1) is 6.10 Å². The fraction of sp³-hybridized carbons (Fsp3) is 0.571. The number of amides is 1. The maximum atomic E-state index is 11.9. The summed E-state index contributed by atoms with van der Waals surface area (Å²) in [5.41, 5.74) is 6.74. The first kappa shape index (κ1) is 20.1. The molecule has 5 nitrogen and oxygen atoms in total. The number of nitrogens with one attached hydrogen (secondary N) is 1. The zero-order chi connectivity index (χ0) is 13.7. The highest BCUT2D eigenvalue weighted by Crippen LogP contribution is 2.24. The van der Waals surface area contributed by atoms with E-state index in [1.165, 1.54) is 0 Å². The molecule has 1 heterocycles. The molecule has 4 N–H and O–H groups in total. The summed E-state index contributed by atoms with van der Waals surface area (Å²) in [7, 11) is 0. The van der Waals surface area contributed by atoms with Crippen molar-refractivity contribution < 1.29 is 9.90 Å². The van der Waals surface area contributed by atoms with Crippen molar-refractivity contribution in [3.8, 4) is 0 Å². The molecule has 2 rings (SSSR count). The number of aliphatic hydroxyl groups excluding tert-OH is 1. The molecule has 1 aromatic rings. The lowest BCUT2D eigenvalue weighted by Gasteiger charge is -2.10. The van der Waals surface area contributed by atoms with Gasteiger partial charge in [0.2, 0.25) is 5.91 Å². The summed E-state index contributed by atoms with van der Waals surface area (Å²) in [6.45, 7) is 0.636. The average molecular weight is 336 g/mol. The van der Waals surface area contributed by atoms with Gasteiger partial charge in [-0.15, -0.1) is 24.8 Å². The van der Waals surface area contributed by atoms with E-state index in [0.29, 0.717) is 19.4 Å². The fourth-order valence-electron chi connectivity index (χ4n) is 2.43. The second-order valence-corrected chi connectivity index (χ2v) is 5.12. The van der Waals surface area contributed by atoms with E-state index < -0.39 is 6.10 Å². The smallest absolute Gasteiger partial charge is 0.223 e. The first-order valence-electron chi connectivity index (χ1n) is 6.78. The Labute approximate surface area is 137 Å². The summed E-state index contributed by atoms with van der Waals surface area (Å²) in [6.07, 6.45) is 4.01. The molecule has 1 aliphatic carbocycles. The van der Waals surface area contributed by atoms with Gasteiger partial charge in [0, 0.05) is 30.4 Å². The molecule has 1 saturated carbocycles. The van der Waals surface area contributed by atoms with E-state index in [4.69, 9.17) is 5.73 Å². The lowest BCUT2D eigenvalue weighted by atomic mass is 10.1. The number of hydrogen-bond acceptors (Lipinski definition) is 4. The van der Waals surface area contributed by atoms with E-state index in [9.17, 15) is 9.90 Å². The molecule has 1 aromatic heterocycles. The predicted molar refractivity (Wildman–Crippen MR) is 86.8 cm³/mol. The molecule has 7 heteroatoms. The molecule has 0 aliphatic heterocycles. The summed E-state index contributed by atoms with van der Waals surface area (Å²) < 4.78 is 0. The van der Waals surface area contributed by atoms with Crippen molar-refractivity contribution in [3.05, 3.63) is 30.1 Å². The van der Waals surface area contributed by atoms with Crippen LogP contribution in [0, 0.1) is 5.92 Å². The van der Waals surface area contributed by atoms with Gasteiger partial charge in [-0.2, -0.15) is 0 Å². The van der Waals surface area contributed by atoms with Gasteiger partial charge < -0.3 is 16.2 Å². The van der Waals surface area contributed by atoms with Crippen LogP contribution in [0.5, 0.6) is 0 Å². The Hall–Kier alpha value is -0.880. The number of carbonyl (C=O) groups excluding carboxylic acids is 1. The molecule has 0 aromatic carbocycles. The third kappa shape index (κ3) is 6.18. The van der Waals surface area contributed by atoms with Crippen LogP contribution < -0.4 is 11.1 Å². The van der Waals surface area contributed by atoms with Gasteiger partial charge in [0.15, 0.2) is 0 Å².